The summed E-state index contributed by atoms with van der Waals surface area (Å²) in [6.45, 7) is 5.04. The number of nitrogens with zero attached hydrogens (tertiary/aromatic N) is 4. The van der Waals surface area contributed by atoms with Crippen molar-refractivity contribution >= 4 is 17.7 Å². The van der Waals surface area contributed by atoms with Crippen LogP contribution >= 0.6 is 0 Å². The Kier molecular flexibility index (Phi) is 7.23. The first-order valence-electron chi connectivity index (χ1n) is 9.97. The average Bonchev–Trinajstić information content (AvgIpc) is 2.74. The zero-order chi connectivity index (χ0) is 19.1. The molecule has 2 aliphatic rings. The van der Waals surface area contributed by atoms with Gasteiger partial charge in [-0.1, -0.05) is 0 Å². The Morgan fingerprint density at radius 1 is 1.30 bits per heavy atom. The van der Waals surface area contributed by atoms with Gasteiger partial charge in [0.25, 0.3) is 0 Å². The number of likely N-dealkylation sites (tertiary alicyclic amines) is 1. The fraction of sp³-hybridized carbons (Fsp3) is 0.737. The molecule has 0 bridgehead atoms. The smallest absolute Gasteiger partial charge is 0.227 e. The zero-order valence-electron chi connectivity index (χ0n) is 16.5. The van der Waals surface area contributed by atoms with Crippen LogP contribution in [0.2, 0.25) is 0 Å². The van der Waals surface area contributed by atoms with E-state index in [1.165, 1.54) is 0 Å². The molecule has 0 aromatic carbocycles. The van der Waals surface area contributed by atoms with E-state index in [1.54, 1.807) is 13.3 Å². The number of amides is 1. The lowest BCUT2D eigenvalue weighted by atomic mass is 9.93. The topological polar surface area (TPSA) is 82.6 Å². The number of anilines is 2. The summed E-state index contributed by atoms with van der Waals surface area (Å²) in [4.78, 5) is 26.1. The number of ether oxygens (including phenoxy) is 1. The van der Waals surface area contributed by atoms with Crippen molar-refractivity contribution in [1.29, 1.82) is 0 Å². The van der Waals surface area contributed by atoms with Gasteiger partial charge in [-0.25, -0.2) is 4.98 Å². The van der Waals surface area contributed by atoms with E-state index < -0.39 is 0 Å². The molecule has 3 heterocycles. The average molecular weight is 377 g/mol. The van der Waals surface area contributed by atoms with E-state index in [-0.39, 0.29) is 11.8 Å². The van der Waals surface area contributed by atoms with Crippen LogP contribution in [-0.2, 0) is 9.53 Å². The number of methoxy groups -OCH3 is 1. The van der Waals surface area contributed by atoms with Gasteiger partial charge in [0.2, 0.25) is 11.9 Å². The summed E-state index contributed by atoms with van der Waals surface area (Å²) in [5.74, 6) is 1.92. The summed E-state index contributed by atoms with van der Waals surface area (Å²) in [7, 11) is 3.53. The Balaban J connectivity index is 1.49. The monoisotopic (exact) mass is 376 g/mol. The minimum Gasteiger partial charge on any atom is -0.383 e. The van der Waals surface area contributed by atoms with E-state index >= 15 is 0 Å². The molecule has 0 radical (unpaired) electrons. The minimum absolute atomic E-state index is 0.101. The summed E-state index contributed by atoms with van der Waals surface area (Å²) in [5, 5.41) is 6.06. The lowest BCUT2D eigenvalue weighted by Crippen LogP contribution is -2.51. The molecule has 1 aromatic heterocycles. The van der Waals surface area contributed by atoms with Gasteiger partial charge in [-0.3, -0.25) is 9.69 Å². The summed E-state index contributed by atoms with van der Waals surface area (Å²) in [6.07, 6.45) is 6.06. The molecule has 0 spiro atoms. The Hall–Kier alpha value is -1.93. The molecule has 3 rings (SSSR count). The molecule has 150 valence electrons. The number of carbonyl (C=O) groups is 1. The number of hydrogen-bond donors (Lipinski definition) is 2. The van der Waals surface area contributed by atoms with Gasteiger partial charge >= 0.3 is 0 Å². The molecule has 1 amide bonds. The van der Waals surface area contributed by atoms with E-state index in [2.05, 4.69) is 30.4 Å². The van der Waals surface area contributed by atoms with Gasteiger partial charge in [-0.15, -0.1) is 0 Å². The van der Waals surface area contributed by atoms with E-state index in [9.17, 15) is 4.79 Å². The van der Waals surface area contributed by atoms with Crippen LogP contribution in [0.25, 0.3) is 0 Å². The van der Waals surface area contributed by atoms with Gasteiger partial charge < -0.3 is 20.3 Å². The number of carbonyl (C=O) groups excluding carboxylic acids is 1. The van der Waals surface area contributed by atoms with Crippen LogP contribution in [0, 0.1) is 5.92 Å². The third kappa shape index (κ3) is 5.29. The van der Waals surface area contributed by atoms with E-state index in [4.69, 9.17) is 4.74 Å². The van der Waals surface area contributed by atoms with Gasteiger partial charge in [0, 0.05) is 52.6 Å². The molecule has 2 N–H and O–H groups in total. The van der Waals surface area contributed by atoms with Crippen molar-refractivity contribution in [2.75, 3.05) is 63.7 Å². The molecule has 0 aliphatic carbocycles. The first kappa shape index (κ1) is 19.8. The zero-order valence-corrected chi connectivity index (χ0v) is 16.5. The second-order valence-corrected chi connectivity index (χ2v) is 7.33. The standard InChI is InChI=1S/C19H32N6O2/c1-20-17-5-8-22-19(23-17)24-11-6-16(7-12-24)25-10-3-4-15(14-25)18(26)21-9-13-27-2/h5,8,15-16H,3-4,6-7,9-14H2,1-2H3,(H,21,26)(H,20,22,23). The molecule has 1 unspecified atom stereocenters. The normalized spacial score (nSPS) is 21.9. The largest absolute Gasteiger partial charge is 0.383 e. The maximum Gasteiger partial charge on any atom is 0.227 e. The molecule has 0 saturated carbocycles. The van der Waals surface area contributed by atoms with Crippen molar-refractivity contribution in [3.05, 3.63) is 12.3 Å². The molecule has 8 nitrogen and oxygen atoms in total. The van der Waals surface area contributed by atoms with Crippen LogP contribution in [0.5, 0.6) is 0 Å². The van der Waals surface area contributed by atoms with E-state index in [0.717, 1.165) is 63.6 Å². The molecular weight excluding hydrogens is 344 g/mol. The van der Waals surface area contributed by atoms with Gasteiger partial charge in [-0.2, -0.15) is 4.98 Å². The third-order valence-electron chi connectivity index (χ3n) is 5.59. The number of piperidine rings is 2. The van der Waals surface area contributed by atoms with Gasteiger partial charge in [0.15, 0.2) is 0 Å². The highest BCUT2D eigenvalue weighted by Crippen LogP contribution is 2.25. The summed E-state index contributed by atoms with van der Waals surface area (Å²) in [5.41, 5.74) is 0. The highest BCUT2D eigenvalue weighted by molar-refractivity contribution is 5.78. The lowest BCUT2D eigenvalue weighted by Gasteiger charge is -2.42. The Morgan fingerprint density at radius 2 is 2.11 bits per heavy atom. The van der Waals surface area contributed by atoms with Crippen LogP contribution in [-0.4, -0.2) is 80.3 Å². The van der Waals surface area contributed by atoms with Crippen LogP contribution in [0.1, 0.15) is 25.7 Å². The quantitative estimate of drug-likeness (QED) is 0.686. The Bertz CT molecular complexity index is 606. The van der Waals surface area contributed by atoms with Crippen molar-refractivity contribution in [3.8, 4) is 0 Å². The number of nitrogens with one attached hydrogen (secondary N) is 2. The SMILES string of the molecule is CNc1ccnc(N2CCC(N3CCCC(C(=O)NCCOC)C3)CC2)n1. The second-order valence-electron chi connectivity index (χ2n) is 7.33. The van der Waals surface area contributed by atoms with Gasteiger partial charge in [0.05, 0.1) is 12.5 Å². The number of aromatic nitrogens is 2. The van der Waals surface area contributed by atoms with Crippen molar-refractivity contribution in [2.45, 2.75) is 31.7 Å². The molecule has 2 aliphatic heterocycles. The number of hydrogen-bond acceptors (Lipinski definition) is 7. The van der Waals surface area contributed by atoms with E-state index in [0.29, 0.717) is 19.2 Å². The molecule has 27 heavy (non-hydrogen) atoms. The molecule has 2 fully saturated rings. The fourth-order valence-corrected chi connectivity index (χ4v) is 4.04. The highest BCUT2D eigenvalue weighted by atomic mass is 16.5. The molecule has 1 aromatic rings. The summed E-state index contributed by atoms with van der Waals surface area (Å²) < 4.78 is 5.01. The van der Waals surface area contributed by atoms with Crippen molar-refractivity contribution in [3.63, 3.8) is 0 Å². The first-order chi connectivity index (χ1) is 13.2. The van der Waals surface area contributed by atoms with Crippen LogP contribution in [0.15, 0.2) is 12.3 Å². The van der Waals surface area contributed by atoms with Crippen molar-refractivity contribution < 1.29 is 9.53 Å². The summed E-state index contributed by atoms with van der Waals surface area (Å²) in [6, 6.07) is 2.42. The number of rotatable bonds is 7. The Labute approximate surface area is 161 Å². The predicted octanol–water partition coefficient (Wildman–Crippen LogP) is 0.962. The van der Waals surface area contributed by atoms with Crippen molar-refractivity contribution in [1.82, 2.24) is 20.2 Å². The maximum absolute atomic E-state index is 12.4. The predicted molar refractivity (Wildman–Crippen MR) is 106 cm³/mol. The second kappa shape index (κ2) is 9.85. The van der Waals surface area contributed by atoms with Crippen LogP contribution < -0.4 is 15.5 Å². The Morgan fingerprint density at radius 3 is 2.85 bits per heavy atom. The molecule has 8 heteroatoms. The summed E-state index contributed by atoms with van der Waals surface area (Å²) >= 11 is 0. The first-order valence-corrected chi connectivity index (χ1v) is 9.97. The lowest BCUT2D eigenvalue weighted by molar-refractivity contribution is -0.127. The highest BCUT2D eigenvalue weighted by Gasteiger charge is 2.32. The van der Waals surface area contributed by atoms with Crippen LogP contribution in [0.3, 0.4) is 0 Å². The molecule has 2 saturated heterocycles. The fourth-order valence-electron chi connectivity index (χ4n) is 4.04. The maximum atomic E-state index is 12.4. The van der Waals surface area contributed by atoms with E-state index in [1.807, 2.05) is 13.1 Å². The third-order valence-corrected chi connectivity index (χ3v) is 5.59. The van der Waals surface area contributed by atoms with Crippen LogP contribution in [0.4, 0.5) is 11.8 Å². The van der Waals surface area contributed by atoms with Crippen molar-refractivity contribution in [2.24, 2.45) is 5.92 Å². The van der Waals surface area contributed by atoms with Gasteiger partial charge in [-0.05, 0) is 38.3 Å². The molecule has 1 atom stereocenters. The minimum atomic E-state index is 0.101. The molecular formula is C19H32N6O2. The van der Waals surface area contributed by atoms with Gasteiger partial charge in [0.1, 0.15) is 5.82 Å².